The van der Waals surface area contributed by atoms with Crippen LogP contribution in [-0.2, 0) is 6.42 Å². The fourth-order valence-corrected chi connectivity index (χ4v) is 9.49. The smallest absolute Gasteiger partial charge is 0.160 e. The van der Waals surface area contributed by atoms with E-state index in [-0.39, 0.29) is 0 Å². The molecular weight excluding hydrogens is 789 g/mol. The number of nitrogens with zero attached hydrogens (tertiary/aromatic N) is 4. The lowest BCUT2D eigenvalue weighted by molar-refractivity contribution is 1.18. The van der Waals surface area contributed by atoms with Gasteiger partial charge in [0.05, 0.1) is 16.7 Å². The molecule has 4 heteroatoms. The summed E-state index contributed by atoms with van der Waals surface area (Å²) >= 11 is 0. The average Bonchev–Trinajstić information content (AvgIpc) is 3.92. The maximum absolute atomic E-state index is 5.27. The van der Waals surface area contributed by atoms with Gasteiger partial charge in [0.25, 0.3) is 0 Å². The number of rotatable bonds is 9. The molecule has 9 aromatic carbocycles. The average molecular weight is 835 g/mol. The van der Waals surface area contributed by atoms with Crippen LogP contribution in [-0.4, -0.2) is 23.2 Å². The highest BCUT2D eigenvalue weighted by molar-refractivity contribution is 6.16. The fraction of sp³-hybridized carbons (Fsp3) is 0.0492. The third-order valence-electron chi connectivity index (χ3n) is 12.8. The van der Waals surface area contributed by atoms with Crippen LogP contribution in [0.3, 0.4) is 0 Å². The minimum atomic E-state index is 0.647. The van der Waals surface area contributed by atoms with Gasteiger partial charge in [-0.05, 0) is 118 Å². The van der Waals surface area contributed by atoms with Crippen molar-refractivity contribution < 1.29 is 0 Å². The van der Waals surface area contributed by atoms with Crippen molar-refractivity contribution >= 4 is 50.4 Å². The SMILES string of the molecule is C=C(N=C(N=C(C)c1ccccc1)c1cccc2c1-c1cc(-c3ccc(N(C)c4ccccc4)c(-c4ccc5c6ccccc6n(-c6ccccc6)c5c4)c3)ccc1C2)c1ccccc1. The Kier molecular flexibility index (Phi) is 10.2. The molecule has 0 saturated carbocycles. The molecule has 0 fully saturated rings. The molecule has 1 aromatic heterocycles. The van der Waals surface area contributed by atoms with E-state index >= 15 is 0 Å². The molecule has 0 saturated heterocycles. The second-order valence-electron chi connectivity index (χ2n) is 16.7. The Morgan fingerprint density at radius 2 is 1.12 bits per heavy atom. The molecular formula is C61H46N4. The van der Waals surface area contributed by atoms with Crippen molar-refractivity contribution in [2.24, 2.45) is 9.98 Å². The summed E-state index contributed by atoms with van der Waals surface area (Å²) in [7, 11) is 2.16. The van der Waals surface area contributed by atoms with Crippen LogP contribution < -0.4 is 4.90 Å². The van der Waals surface area contributed by atoms with Gasteiger partial charge in [-0.2, -0.15) is 0 Å². The number of fused-ring (bicyclic) bond motifs is 6. The van der Waals surface area contributed by atoms with E-state index in [1.165, 1.54) is 44.1 Å². The zero-order chi connectivity index (χ0) is 43.9. The normalized spacial score (nSPS) is 12.3. The van der Waals surface area contributed by atoms with Gasteiger partial charge in [0.15, 0.2) is 5.84 Å². The number of hydrogen-bond donors (Lipinski definition) is 0. The van der Waals surface area contributed by atoms with E-state index in [1.807, 2.05) is 48.5 Å². The number of aliphatic imine (C=N–C) groups is 2. The Morgan fingerprint density at radius 1 is 0.508 bits per heavy atom. The van der Waals surface area contributed by atoms with Gasteiger partial charge in [0.1, 0.15) is 0 Å². The van der Waals surface area contributed by atoms with Crippen molar-refractivity contribution in [3.63, 3.8) is 0 Å². The number of anilines is 2. The van der Waals surface area contributed by atoms with E-state index in [2.05, 4.69) is 200 Å². The summed E-state index contributed by atoms with van der Waals surface area (Å²) in [5.41, 5.74) is 19.9. The van der Waals surface area contributed by atoms with Gasteiger partial charge >= 0.3 is 0 Å². The van der Waals surface area contributed by atoms with Crippen LogP contribution in [0.15, 0.2) is 235 Å². The van der Waals surface area contributed by atoms with E-state index in [1.54, 1.807) is 0 Å². The first-order valence-corrected chi connectivity index (χ1v) is 22.2. The Morgan fingerprint density at radius 3 is 1.88 bits per heavy atom. The molecule has 0 spiro atoms. The van der Waals surface area contributed by atoms with Crippen LogP contribution in [0.2, 0.25) is 0 Å². The summed E-state index contributed by atoms with van der Waals surface area (Å²) in [6.45, 7) is 6.48. The molecule has 0 unspecified atom stereocenters. The van der Waals surface area contributed by atoms with Crippen molar-refractivity contribution in [2.45, 2.75) is 13.3 Å². The number of benzene rings is 9. The Hall–Kier alpha value is -8.34. The van der Waals surface area contributed by atoms with Crippen LogP contribution in [0.4, 0.5) is 11.4 Å². The van der Waals surface area contributed by atoms with E-state index < -0.39 is 0 Å². The zero-order valence-electron chi connectivity index (χ0n) is 36.5. The van der Waals surface area contributed by atoms with Crippen molar-refractivity contribution in [2.75, 3.05) is 11.9 Å². The van der Waals surface area contributed by atoms with Crippen LogP contribution in [0.1, 0.15) is 34.7 Å². The van der Waals surface area contributed by atoms with Crippen molar-refractivity contribution in [1.29, 1.82) is 0 Å². The molecule has 1 aliphatic rings. The third kappa shape index (κ3) is 7.35. The first-order chi connectivity index (χ1) is 32.0. The highest BCUT2D eigenvalue weighted by Gasteiger charge is 2.25. The summed E-state index contributed by atoms with van der Waals surface area (Å²) < 4.78 is 2.40. The minimum absolute atomic E-state index is 0.647. The number of aromatic nitrogens is 1. The molecule has 0 aliphatic heterocycles. The van der Waals surface area contributed by atoms with Crippen molar-refractivity contribution in [3.05, 3.63) is 253 Å². The third-order valence-corrected chi connectivity index (χ3v) is 12.8. The predicted octanol–water partition coefficient (Wildman–Crippen LogP) is 15.4. The monoisotopic (exact) mass is 834 g/mol. The maximum Gasteiger partial charge on any atom is 0.160 e. The number of para-hydroxylation sites is 3. The van der Waals surface area contributed by atoms with E-state index in [0.717, 1.165) is 68.1 Å². The van der Waals surface area contributed by atoms with Gasteiger partial charge in [0, 0.05) is 51.7 Å². The van der Waals surface area contributed by atoms with Crippen LogP contribution in [0.5, 0.6) is 0 Å². The van der Waals surface area contributed by atoms with Crippen molar-refractivity contribution in [1.82, 2.24) is 4.57 Å². The van der Waals surface area contributed by atoms with Gasteiger partial charge in [-0.1, -0.05) is 170 Å². The molecule has 1 aliphatic carbocycles. The highest BCUT2D eigenvalue weighted by Crippen LogP contribution is 2.44. The molecule has 65 heavy (non-hydrogen) atoms. The molecule has 0 amide bonds. The van der Waals surface area contributed by atoms with Crippen LogP contribution >= 0.6 is 0 Å². The molecule has 0 bridgehead atoms. The fourth-order valence-electron chi connectivity index (χ4n) is 9.49. The number of hydrogen-bond acceptors (Lipinski definition) is 2. The molecule has 310 valence electrons. The summed E-state index contributed by atoms with van der Waals surface area (Å²) in [6.07, 6.45) is 0.842. The first-order valence-electron chi connectivity index (χ1n) is 22.2. The Balaban J connectivity index is 1.06. The predicted molar refractivity (Wildman–Crippen MR) is 275 cm³/mol. The van der Waals surface area contributed by atoms with Crippen LogP contribution in [0.25, 0.3) is 66.6 Å². The minimum Gasteiger partial charge on any atom is -0.344 e. The van der Waals surface area contributed by atoms with Crippen LogP contribution in [0, 0.1) is 0 Å². The molecule has 4 nitrogen and oxygen atoms in total. The van der Waals surface area contributed by atoms with Gasteiger partial charge in [0.2, 0.25) is 0 Å². The largest absolute Gasteiger partial charge is 0.344 e. The standard InChI is InChI=1S/C61H46N4/c1-41(43-19-8-4-9-20-43)62-61(63-42(2)44-21-10-5-11-22-44)54-29-18-23-49-37-47-32-31-45(39-56(47)60(49)54)46-34-36-57(64(3)50-24-12-6-13-25-50)55(38-46)48-33-35-53-52-28-16-17-30-58(52)65(59(53)40-48)51-26-14-7-15-27-51/h4-36,38-40H,1,37H2,2-3H3. The molecule has 10 aromatic rings. The molecule has 0 atom stereocenters. The van der Waals surface area contributed by atoms with E-state index in [4.69, 9.17) is 9.98 Å². The highest BCUT2D eigenvalue weighted by atomic mass is 15.1. The topological polar surface area (TPSA) is 32.9 Å². The van der Waals surface area contributed by atoms with Gasteiger partial charge in [-0.25, -0.2) is 9.98 Å². The zero-order valence-corrected chi connectivity index (χ0v) is 36.5. The lowest BCUT2D eigenvalue weighted by Gasteiger charge is -2.24. The summed E-state index contributed by atoms with van der Waals surface area (Å²) in [4.78, 5) is 12.8. The summed E-state index contributed by atoms with van der Waals surface area (Å²) in [5.74, 6) is 0.647. The van der Waals surface area contributed by atoms with Gasteiger partial charge < -0.3 is 9.47 Å². The first kappa shape index (κ1) is 39.5. The Bertz CT molecular complexity index is 3470. The second-order valence-corrected chi connectivity index (χ2v) is 16.7. The van der Waals surface area contributed by atoms with E-state index in [0.29, 0.717) is 11.5 Å². The molecule has 11 rings (SSSR count). The molecule has 0 N–H and O–H groups in total. The molecule has 0 radical (unpaired) electrons. The maximum atomic E-state index is 5.27. The summed E-state index contributed by atoms with van der Waals surface area (Å²) in [5, 5.41) is 2.47. The Labute approximate surface area is 380 Å². The second kappa shape index (κ2) is 16.7. The quantitative estimate of drug-likeness (QED) is 0.105. The van der Waals surface area contributed by atoms with Gasteiger partial charge in [-0.15, -0.1) is 0 Å². The molecule has 1 heterocycles. The van der Waals surface area contributed by atoms with E-state index in [9.17, 15) is 0 Å². The lowest BCUT2D eigenvalue weighted by atomic mass is 9.93. The van der Waals surface area contributed by atoms with Gasteiger partial charge in [-0.3, -0.25) is 0 Å². The lowest BCUT2D eigenvalue weighted by Crippen LogP contribution is -2.10. The van der Waals surface area contributed by atoms with Crippen molar-refractivity contribution in [3.8, 4) is 39.1 Å². The summed E-state index contributed by atoms with van der Waals surface area (Å²) in [6, 6.07) is 77.9. The number of amidine groups is 1.